The van der Waals surface area contributed by atoms with Gasteiger partial charge in [0.05, 0.1) is 0 Å². The molecule has 0 saturated heterocycles. The van der Waals surface area contributed by atoms with Crippen LogP contribution in [0.3, 0.4) is 0 Å². The number of benzene rings is 2. The molecule has 22 heavy (non-hydrogen) atoms. The number of hydrogen-bond donors (Lipinski definition) is 2. The molecule has 1 heterocycles. The van der Waals surface area contributed by atoms with Crippen molar-refractivity contribution < 1.29 is 9.90 Å². The van der Waals surface area contributed by atoms with E-state index in [-0.39, 0.29) is 11.7 Å². The molecule has 0 radical (unpaired) electrons. The molecular weight excluding hydrogens is 296 g/mol. The molecule has 0 bridgehead atoms. The van der Waals surface area contributed by atoms with Gasteiger partial charge in [-0.15, -0.1) is 11.3 Å². The van der Waals surface area contributed by atoms with Crippen LogP contribution in [-0.4, -0.2) is 16.0 Å². The summed E-state index contributed by atoms with van der Waals surface area (Å²) in [6, 6.07) is 14.4. The van der Waals surface area contributed by atoms with Crippen molar-refractivity contribution in [3.63, 3.8) is 0 Å². The van der Waals surface area contributed by atoms with Gasteiger partial charge in [-0.25, -0.2) is 4.98 Å². The number of rotatable bonds is 3. The Bertz CT molecular complexity index is 810. The summed E-state index contributed by atoms with van der Waals surface area (Å²) in [4.78, 5) is 16.5. The molecule has 0 saturated carbocycles. The van der Waals surface area contributed by atoms with Gasteiger partial charge in [0.1, 0.15) is 16.5 Å². The van der Waals surface area contributed by atoms with Crippen LogP contribution in [-0.2, 0) is 0 Å². The molecule has 2 N–H and O–H groups in total. The van der Waals surface area contributed by atoms with E-state index < -0.39 is 0 Å². The monoisotopic (exact) mass is 310 g/mol. The number of carbonyl (C=O) groups is 1. The molecule has 0 spiro atoms. The Labute approximate surface area is 132 Å². The van der Waals surface area contributed by atoms with Crippen LogP contribution >= 0.6 is 11.3 Å². The van der Waals surface area contributed by atoms with E-state index in [1.165, 1.54) is 23.0 Å². The number of phenols is 1. The van der Waals surface area contributed by atoms with Crippen LogP contribution in [0.2, 0.25) is 0 Å². The lowest BCUT2D eigenvalue weighted by Crippen LogP contribution is -2.12. The minimum atomic E-state index is -0.291. The lowest BCUT2D eigenvalue weighted by atomic mass is 10.2. The number of carbonyl (C=O) groups excluding carboxylic acids is 1. The van der Waals surface area contributed by atoms with E-state index in [2.05, 4.69) is 10.3 Å². The fourth-order valence-corrected chi connectivity index (χ4v) is 2.79. The number of anilines is 1. The first-order chi connectivity index (χ1) is 10.6. The number of aromatic hydroxyl groups is 1. The Morgan fingerprint density at radius 2 is 1.95 bits per heavy atom. The Kier molecular flexibility index (Phi) is 3.89. The summed E-state index contributed by atoms with van der Waals surface area (Å²) in [6.07, 6.45) is 0. The van der Waals surface area contributed by atoms with E-state index in [1.54, 1.807) is 23.6 Å². The quantitative estimate of drug-likeness (QED) is 0.766. The molecule has 110 valence electrons. The maximum atomic E-state index is 12.2. The number of hydrogen-bond acceptors (Lipinski definition) is 4. The van der Waals surface area contributed by atoms with E-state index in [9.17, 15) is 9.90 Å². The molecule has 3 rings (SSSR count). The number of aromatic nitrogens is 1. The molecule has 2 aromatic carbocycles. The standard InChI is InChI=1S/C17H14N2O2S/c1-11-5-7-12(8-6-11)17-19-15(10-22-17)16(21)18-13-3-2-4-14(20)9-13/h2-10,20H,1H3,(H,18,21). The first-order valence-corrected chi connectivity index (χ1v) is 7.63. The minimum Gasteiger partial charge on any atom is -0.508 e. The molecule has 0 aliphatic rings. The highest BCUT2D eigenvalue weighted by atomic mass is 32.1. The van der Waals surface area contributed by atoms with Crippen LogP contribution in [0.5, 0.6) is 5.75 Å². The third-order valence-corrected chi connectivity index (χ3v) is 4.03. The molecule has 5 heteroatoms. The van der Waals surface area contributed by atoms with Crippen molar-refractivity contribution >= 4 is 22.9 Å². The largest absolute Gasteiger partial charge is 0.508 e. The summed E-state index contributed by atoms with van der Waals surface area (Å²) in [5.74, 6) is -0.184. The molecule has 3 aromatic rings. The Morgan fingerprint density at radius 1 is 1.18 bits per heavy atom. The molecule has 4 nitrogen and oxygen atoms in total. The predicted octanol–water partition coefficient (Wildman–Crippen LogP) is 4.08. The average molecular weight is 310 g/mol. The molecule has 1 amide bonds. The zero-order valence-electron chi connectivity index (χ0n) is 11.9. The van der Waals surface area contributed by atoms with Crippen LogP contribution in [0.1, 0.15) is 16.1 Å². The van der Waals surface area contributed by atoms with Crippen LogP contribution in [0.15, 0.2) is 53.9 Å². The number of aryl methyl sites for hydroxylation is 1. The van der Waals surface area contributed by atoms with Crippen molar-refractivity contribution in [1.29, 1.82) is 0 Å². The average Bonchev–Trinajstić information content (AvgIpc) is 2.98. The van der Waals surface area contributed by atoms with Crippen LogP contribution in [0.25, 0.3) is 10.6 Å². The van der Waals surface area contributed by atoms with E-state index >= 15 is 0 Å². The Morgan fingerprint density at radius 3 is 2.68 bits per heavy atom. The maximum Gasteiger partial charge on any atom is 0.275 e. The molecule has 0 fully saturated rings. The highest BCUT2D eigenvalue weighted by Crippen LogP contribution is 2.24. The normalized spacial score (nSPS) is 10.4. The van der Waals surface area contributed by atoms with Gasteiger partial charge in [0.15, 0.2) is 0 Å². The van der Waals surface area contributed by atoms with Gasteiger partial charge >= 0.3 is 0 Å². The molecule has 0 aliphatic heterocycles. The Balaban J connectivity index is 1.78. The van der Waals surface area contributed by atoms with Crippen molar-refractivity contribution in [3.8, 4) is 16.3 Å². The van der Waals surface area contributed by atoms with Crippen molar-refractivity contribution in [2.45, 2.75) is 6.92 Å². The van der Waals surface area contributed by atoms with Crippen LogP contribution in [0.4, 0.5) is 5.69 Å². The van der Waals surface area contributed by atoms with Gasteiger partial charge in [-0.05, 0) is 19.1 Å². The fraction of sp³-hybridized carbons (Fsp3) is 0.0588. The predicted molar refractivity (Wildman–Crippen MR) is 88.3 cm³/mol. The third-order valence-electron chi connectivity index (χ3n) is 3.14. The Hall–Kier alpha value is -2.66. The zero-order valence-corrected chi connectivity index (χ0v) is 12.7. The molecule has 1 aromatic heterocycles. The van der Waals surface area contributed by atoms with E-state index in [4.69, 9.17) is 0 Å². The van der Waals surface area contributed by atoms with Crippen LogP contribution < -0.4 is 5.32 Å². The summed E-state index contributed by atoms with van der Waals surface area (Å²) in [7, 11) is 0. The van der Waals surface area contributed by atoms with Crippen molar-refractivity contribution in [2.24, 2.45) is 0 Å². The highest BCUT2D eigenvalue weighted by molar-refractivity contribution is 7.13. The zero-order chi connectivity index (χ0) is 15.5. The number of nitrogens with one attached hydrogen (secondary N) is 1. The summed E-state index contributed by atoms with van der Waals surface area (Å²) in [5.41, 5.74) is 3.08. The SMILES string of the molecule is Cc1ccc(-c2nc(C(=O)Nc3cccc(O)c3)cs2)cc1. The van der Waals surface area contributed by atoms with E-state index in [1.807, 2.05) is 31.2 Å². The first-order valence-electron chi connectivity index (χ1n) is 6.75. The smallest absolute Gasteiger partial charge is 0.275 e. The van der Waals surface area contributed by atoms with E-state index in [0.29, 0.717) is 11.4 Å². The number of amides is 1. The molecule has 0 aliphatic carbocycles. The number of thiazole rings is 1. The lowest BCUT2D eigenvalue weighted by Gasteiger charge is -2.03. The summed E-state index contributed by atoms with van der Waals surface area (Å²) in [6.45, 7) is 2.03. The molecule has 0 unspecified atom stereocenters. The van der Waals surface area contributed by atoms with Gasteiger partial charge in [0, 0.05) is 22.7 Å². The number of nitrogens with zero attached hydrogens (tertiary/aromatic N) is 1. The van der Waals surface area contributed by atoms with Gasteiger partial charge in [-0.1, -0.05) is 35.9 Å². The van der Waals surface area contributed by atoms with Gasteiger partial charge in [-0.2, -0.15) is 0 Å². The lowest BCUT2D eigenvalue weighted by molar-refractivity contribution is 0.102. The van der Waals surface area contributed by atoms with Crippen molar-refractivity contribution in [2.75, 3.05) is 5.32 Å². The molecular formula is C17H14N2O2S. The maximum absolute atomic E-state index is 12.2. The van der Waals surface area contributed by atoms with Crippen molar-refractivity contribution in [3.05, 3.63) is 65.2 Å². The van der Waals surface area contributed by atoms with Gasteiger partial charge in [-0.3, -0.25) is 4.79 Å². The van der Waals surface area contributed by atoms with Gasteiger partial charge in [0.2, 0.25) is 0 Å². The number of phenolic OH excluding ortho intramolecular Hbond substituents is 1. The third kappa shape index (κ3) is 3.15. The van der Waals surface area contributed by atoms with Crippen LogP contribution in [0, 0.1) is 6.92 Å². The first kappa shape index (κ1) is 14.3. The van der Waals surface area contributed by atoms with E-state index in [0.717, 1.165) is 10.6 Å². The minimum absolute atomic E-state index is 0.108. The van der Waals surface area contributed by atoms with Crippen molar-refractivity contribution in [1.82, 2.24) is 4.98 Å². The second kappa shape index (κ2) is 5.99. The summed E-state index contributed by atoms with van der Waals surface area (Å²) in [5, 5.41) is 14.7. The summed E-state index contributed by atoms with van der Waals surface area (Å²) < 4.78 is 0. The second-order valence-corrected chi connectivity index (χ2v) is 5.77. The second-order valence-electron chi connectivity index (χ2n) is 4.91. The van der Waals surface area contributed by atoms with Gasteiger partial charge in [0.25, 0.3) is 5.91 Å². The topological polar surface area (TPSA) is 62.2 Å². The molecule has 0 atom stereocenters. The summed E-state index contributed by atoms with van der Waals surface area (Å²) >= 11 is 1.43. The van der Waals surface area contributed by atoms with Gasteiger partial charge < -0.3 is 10.4 Å². The highest BCUT2D eigenvalue weighted by Gasteiger charge is 2.12. The fourth-order valence-electron chi connectivity index (χ4n) is 1.99.